The monoisotopic (exact) mass is 370 g/mol. The van der Waals surface area contributed by atoms with E-state index < -0.39 is 0 Å². The Balaban J connectivity index is 1.75. The minimum Gasteiger partial charge on any atom is -0.508 e. The lowest BCUT2D eigenvalue weighted by atomic mass is 9.94. The Morgan fingerprint density at radius 2 is 1.22 bits per heavy atom. The quantitative estimate of drug-likeness (QED) is 0.420. The molecule has 5 heteroatoms. The number of nitrogens with one attached hydrogen (secondary N) is 2. The van der Waals surface area contributed by atoms with Crippen LogP contribution in [0.15, 0.2) is 29.8 Å². The van der Waals surface area contributed by atoms with E-state index >= 15 is 0 Å². The number of carbonyl (C=O) groups excluding carboxylic acids is 2. The molecule has 5 nitrogen and oxygen atoms in total. The molecule has 0 spiro atoms. The molecule has 1 aromatic carbocycles. The van der Waals surface area contributed by atoms with Crippen LogP contribution in [0, 0.1) is 0 Å². The molecule has 0 heterocycles. The maximum Gasteiger partial charge on any atom is 0.257 e. The molecule has 0 aromatic heterocycles. The van der Waals surface area contributed by atoms with Gasteiger partial charge in [0.2, 0.25) is 0 Å². The normalized spacial score (nSPS) is 18.5. The Kier molecular flexibility index (Phi) is 6.91. The first-order chi connectivity index (χ1) is 13.1. The molecule has 2 saturated carbocycles. The van der Waals surface area contributed by atoms with E-state index in [2.05, 4.69) is 10.6 Å². The van der Waals surface area contributed by atoms with Crippen molar-refractivity contribution in [3.63, 3.8) is 0 Å². The third-order valence-corrected chi connectivity index (χ3v) is 5.57. The summed E-state index contributed by atoms with van der Waals surface area (Å²) in [6.45, 7) is 0. The van der Waals surface area contributed by atoms with Crippen LogP contribution < -0.4 is 10.6 Å². The van der Waals surface area contributed by atoms with Gasteiger partial charge in [0.25, 0.3) is 11.8 Å². The van der Waals surface area contributed by atoms with Crippen molar-refractivity contribution >= 4 is 17.9 Å². The topological polar surface area (TPSA) is 78.4 Å². The maximum absolute atomic E-state index is 12.9. The summed E-state index contributed by atoms with van der Waals surface area (Å²) >= 11 is 0. The van der Waals surface area contributed by atoms with Gasteiger partial charge in [-0.05, 0) is 49.5 Å². The Morgan fingerprint density at radius 3 is 1.67 bits per heavy atom. The van der Waals surface area contributed by atoms with Crippen molar-refractivity contribution in [1.29, 1.82) is 0 Å². The molecular formula is C22H30N2O3. The van der Waals surface area contributed by atoms with Crippen molar-refractivity contribution in [2.75, 3.05) is 0 Å². The Labute approximate surface area is 161 Å². The first-order valence-corrected chi connectivity index (χ1v) is 10.2. The fourth-order valence-corrected chi connectivity index (χ4v) is 3.99. The first kappa shape index (κ1) is 19.5. The summed E-state index contributed by atoms with van der Waals surface area (Å²) in [5.74, 6) is -0.446. The van der Waals surface area contributed by atoms with E-state index in [9.17, 15) is 14.7 Å². The Hall–Kier alpha value is -2.30. The highest BCUT2D eigenvalue weighted by molar-refractivity contribution is 6.21. The van der Waals surface area contributed by atoms with Gasteiger partial charge in [-0.1, -0.05) is 50.7 Å². The lowest BCUT2D eigenvalue weighted by molar-refractivity contribution is -0.124. The van der Waals surface area contributed by atoms with Crippen LogP contribution in [-0.4, -0.2) is 29.0 Å². The van der Waals surface area contributed by atoms with E-state index in [-0.39, 0.29) is 35.2 Å². The van der Waals surface area contributed by atoms with Gasteiger partial charge in [0.15, 0.2) is 0 Å². The number of phenols is 1. The van der Waals surface area contributed by atoms with E-state index in [0.717, 1.165) is 56.9 Å². The highest BCUT2D eigenvalue weighted by Crippen LogP contribution is 2.20. The predicted molar refractivity (Wildman–Crippen MR) is 106 cm³/mol. The molecule has 1 aromatic rings. The van der Waals surface area contributed by atoms with Gasteiger partial charge in [-0.15, -0.1) is 0 Å². The summed E-state index contributed by atoms with van der Waals surface area (Å²) in [6.07, 6.45) is 12.4. The second kappa shape index (κ2) is 9.58. The number of benzene rings is 1. The number of hydrogen-bond donors (Lipinski definition) is 3. The minimum atomic E-state index is -0.303. The summed E-state index contributed by atoms with van der Waals surface area (Å²) in [5, 5.41) is 15.6. The van der Waals surface area contributed by atoms with Gasteiger partial charge in [-0.25, -0.2) is 0 Å². The van der Waals surface area contributed by atoms with Crippen LogP contribution in [0.25, 0.3) is 6.08 Å². The molecule has 0 bridgehead atoms. The number of hydrogen-bond acceptors (Lipinski definition) is 3. The summed E-state index contributed by atoms with van der Waals surface area (Å²) in [6, 6.07) is 6.82. The third-order valence-electron chi connectivity index (χ3n) is 5.57. The van der Waals surface area contributed by atoms with E-state index in [1.165, 1.54) is 12.8 Å². The predicted octanol–water partition coefficient (Wildman–Crippen LogP) is 3.67. The molecule has 3 rings (SSSR count). The van der Waals surface area contributed by atoms with Crippen LogP contribution in [0.2, 0.25) is 0 Å². The summed E-state index contributed by atoms with van der Waals surface area (Å²) in [4.78, 5) is 25.8. The zero-order chi connectivity index (χ0) is 19.1. The smallest absolute Gasteiger partial charge is 0.257 e. The molecule has 2 fully saturated rings. The minimum absolute atomic E-state index is 0.150. The van der Waals surface area contributed by atoms with Crippen molar-refractivity contribution in [2.45, 2.75) is 76.3 Å². The van der Waals surface area contributed by atoms with Crippen LogP contribution in [0.5, 0.6) is 5.75 Å². The molecule has 2 aliphatic rings. The molecular weight excluding hydrogens is 340 g/mol. The molecule has 0 atom stereocenters. The van der Waals surface area contributed by atoms with Crippen LogP contribution in [0.1, 0.15) is 69.8 Å². The van der Waals surface area contributed by atoms with Gasteiger partial charge in [0.1, 0.15) is 11.3 Å². The molecule has 0 aliphatic heterocycles. The lowest BCUT2D eigenvalue weighted by Gasteiger charge is -2.25. The van der Waals surface area contributed by atoms with Crippen molar-refractivity contribution in [3.8, 4) is 5.75 Å². The fraction of sp³-hybridized carbons (Fsp3) is 0.545. The number of carbonyl (C=O) groups is 2. The van der Waals surface area contributed by atoms with Gasteiger partial charge >= 0.3 is 0 Å². The van der Waals surface area contributed by atoms with Crippen LogP contribution in [0.4, 0.5) is 0 Å². The lowest BCUT2D eigenvalue weighted by Crippen LogP contribution is -2.43. The third kappa shape index (κ3) is 5.84. The van der Waals surface area contributed by atoms with Gasteiger partial charge in [-0.3, -0.25) is 9.59 Å². The van der Waals surface area contributed by atoms with E-state index in [1.807, 2.05) is 0 Å². The van der Waals surface area contributed by atoms with Crippen molar-refractivity contribution in [2.24, 2.45) is 0 Å². The van der Waals surface area contributed by atoms with Crippen molar-refractivity contribution in [1.82, 2.24) is 10.6 Å². The van der Waals surface area contributed by atoms with Gasteiger partial charge in [0, 0.05) is 12.1 Å². The molecule has 2 aliphatic carbocycles. The molecule has 3 N–H and O–H groups in total. The van der Waals surface area contributed by atoms with Gasteiger partial charge in [-0.2, -0.15) is 0 Å². The number of phenolic OH excluding ortho intramolecular Hbond substituents is 1. The highest BCUT2D eigenvalue weighted by atomic mass is 16.3. The average molecular weight is 370 g/mol. The molecule has 0 saturated heterocycles. The van der Waals surface area contributed by atoms with Crippen LogP contribution in [-0.2, 0) is 9.59 Å². The molecule has 2 amide bonds. The SMILES string of the molecule is O=C(NC1CCCCC1)C(=Cc1ccc(O)cc1)C(=O)NC1CCCCC1. The standard InChI is InChI=1S/C22H30N2O3/c25-19-13-11-16(12-14-19)15-20(21(26)23-17-7-3-1-4-8-17)22(27)24-18-9-5-2-6-10-18/h11-15,17-18,25H,1-10H2,(H,23,26)(H,24,27). The summed E-state index contributed by atoms with van der Waals surface area (Å²) < 4.78 is 0. The van der Waals surface area contributed by atoms with Crippen LogP contribution >= 0.6 is 0 Å². The van der Waals surface area contributed by atoms with Crippen LogP contribution in [0.3, 0.4) is 0 Å². The number of amides is 2. The van der Waals surface area contributed by atoms with Gasteiger partial charge in [0.05, 0.1) is 0 Å². The second-order valence-electron chi connectivity index (χ2n) is 7.77. The van der Waals surface area contributed by atoms with Crippen molar-refractivity contribution in [3.05, 3.63) is 35.4 Å². The largest absolute Gasteiger partial charge is 0.508 e. The summed E-state index contributed by atoms with van der Waals surface area (Å²) in [5.41, 5.74) is 0.872. The highest BCUT2D eigenvalue weighted by Gasteiger charge is 2.25. The fourth-order valence-electron chi connectivity index (χ4n) is 3.99. The van der Waals surface area contributed by atoms with Crippen molar-refractivity contribution < 1.29 is 14.7 Å². The van der Waals surface area contributed by atoms with E-state index in [4.69, 9.17) is 0 Å². The van der Waals surface area contributed by atoms with E-state index in [1.54, 1.807) is 30.3 Å². The molecule has 27 heavy (non-hydrogen) atoms. The van der Waals surface area contributed by atoms with E-state index in [0.29, 0.717) is 0 Å². The number of aromatic hydroxyl groups is 1. The maximum atomic E-state index is 12.9. The zero-order valence-electron chi connectivity index (χ0n) is 15.9. The Bertz CT molecular complexity index is 635. The first-order valence-electron chi connectivity index (χ1n) is 10.2. The zero-order valence-corrected chi connectivity index (χ0v) is 15.9. The average Bonchev–Trinajstić information content (AvgIpc) is 2.69. The molecule has 0 radical (unpaired) electrons. The molecule has 0 unspecified atom stereocenters. The molecule has 146 valence electrons. The Morgan fingerprint density at radius 1 is 0.778 bits per heavy atom. The van der Waals surface area contributed by atoms with Gasteiger partial charge < -0.3 is 15.7 Å². The number of rotatable bonds is 5. The summed E-state index contributed by atoms with van der Waals surface area (Å²) in [7, 11) is 0. The second-order valence-corrected chi connectivity index (χ2v) is 7.77.